The molecule has 2 N–H and O–H groups in total. The maximum absolute atomic E-state index is 10.0. The van der Waals surface area contributed by atoms with Gasteiger partial charge in [-0.1, -0.05) is 55.9 Å². The smallest absolute Gasteiger partial charge is 0.0771 e. The molecule has 0 radical (unpaired) electrons. The van der Waals surface area contributed by atoms with Crippen LogP contribution in [0.5, 0.6) is 0 Å². The molecule has 2 heteroatoms. The Labute approximate surface area is 178 Å². The lowest BCUT2D eigenvalue weighted by Crippen LogP contribution is -2.35. The highest BCUT2D eigenvalue weighted by Crippen LogP contribution is 2.59. The molecule has 0 spiro atoms. The second kappa shape index (κ2) is 8.94. The van der Waals surface area contributed by atoms with Crippen LogP contribution in [0.15, 0.2) is 47.6 Å². The first-order valence-corrected chi connectivity index (χ1v) is 11.8. The molecule has 162 valence electrons. The van der Waals surface area contributed by atoms with Crippen LogP contribution in [0.2, 0.25) is 0 Å². The number of hydrogen-bond acceptors (Lipinski definition) is 2. The van der Waals surface area contributed by atoms with Crippen molar-refractivity contribution in [2.75, 3.05) is 0 Å². The Balaban J connectivity index is 1.72. The van der Waals surface area contributed by atoms with E-state index in [2.05, 4.69) is 38.7 Å². The molecule has 0 heterocycles. The Morgan fingerprint density at radius 3 is 2.69 bits per heavy atom. The van der Waals surface area contributed by atoms with Crippen LogP contribution in [0.3, 0.4) is 0 Å². The minimum atomic E-state index is -0.715. The van der Waals surface area contributed by atoms with Crippen LogP contribution in [0, 0.1) is 23.2 Å². The molecule has 29 heavy (non-hydrogen) atoms. The average molecular weight is 399 g/mol. The normalized spacial score (nSPS) is 37.4. The lowest BCUT2D eigenvalue weighted by molar-refractivity contribution is 0.0979. The van der Waals surface area contributed by atoms with E-state index in [1.807, 2.05) is 19.9 Å². The summed E-state index contributed by atoms with van der Waals surface area (Å²) in [6.07, 6.45) is 18.7. The van der Waals surface area contributed by atoms with Crippen LogP contribution in [-0.4, -0.2) is 21.9 Å². The summed E-state index contributed by atoms with van der Waals surface area (Å²) in [6, 6.07) is 0. The zero-order valence-electron chi connectivity index (χ0n) is 19.1. The molecular formula is C27H42O2. The van der Waals surface area contributed by atoms with Crippen molar-refractivity contribution in [3.05, 3.63) is 47.6 Å². The molecule has 2 nitrogen and oxygen atoms in total. The highest BCUT2D eigenvalue weighted by molar-refractivity contribution is 5.36. The van der Waals surface area contributed by atoms with Crippen LogP contribution in [0.1, 0.15) is 85.5 Å². The van der Waals surface area contributed by atoms with Gasteiger partial charge in [0, 0.05) is 0 Å². The zero-order chi connectivity index (χ0) is 21.2. The molecule has 0 amide bonds. The number of aliphatic hydroxyl groups excluding tert-OH is 1. The van der Waals surface area contributed by atoms with E-state index in [0.29, 0.717) is 17.3 Å². The van der Waals surface area contributed by atoms with Gasteiger partial charge in [-0.25, -0.2) is 0 Å². The summed E-state index contributed by atoms with van der Waals surface area (Å²) < 4.78 is 0. The zero-order valence-corrected chi connectivity index (χ0v) is 19.1. The van der Waals surface area contributed by atoms with Crippen LogP contribution >= 0.6 is 0 Å². The van der Waals surface area contributed by atoms with Gasteiger partial charge in [-0.15, -0.1) is 0 Å². The highest BCUT2D eigenvalue weighted by atomic mass is 16.3. The van der Waals surface area contributed by atoms with Crippen molar-refractivity contribution in [2.45, 2.75) is 97.2 Å². The Hall–Kier alpha value is -1.12. The van der Waals surface area contributed by atoms with Gasteiger partial charge in [0.2, 0.25) is 0 Å². The van der Waals surface area contributed by atoms with Crippen molar-refractivity contribution < 1.29 is 10.2 Å². The number of fused-ring (bicyclic) bond motifs is 1. The maximum atomic E-state index is 10.0. The summed E-state index contributed by atoms with van der Waals surface area (Å²) in [5.41, 5.74) is 3.77. The summed E-state index contributed by atoms with van der Waals surface area (Å²) in [7, 11) is 0. The standard InChI is InChI=1S/C27H42O2/c1-19-10-13-23(28)18-22(19)12-11-21-9-7-17-27(5)24(14-15-25(21)27)20(2)8-6-16-26(3,4)29/h6,11-12,16,20,23-25,28-29H,1,7-10,13-15,17-18H2,2-5H3/b16-6+,21-11+,22-12?/t20-,23+,24-,25+,27-/m1/s1. The number of rotatable bonds is 5. The fourth-order valence-corrected chi connectivity index (χ4v) is 6.34. The lowest BCUT2D eigenvalue weighted by Gasteiger charge is -2.44. The van der Waals surface area contributed by atoms with Gasteiger partial charge in [0.25, 0.3) is 0 Å². The Morgan fingerprint density at radius 2 is 1.97 bits per heavy atom. The highest BCUT2D eigenvalue weighted by Gasteiger charge is 2.50. The van der Waals surface area contributed by atoms with Gasteiger partial charge in [-0.2, -0.15) is 0 Å². The van der Waals surface area contributed by atoms with Crippen molar-refractivity contribution in [3.8, 4) is 0 Å². The summed E-state index contributed by atoms with van der Waals surface area (Å²) in [5.74, 6) is 2.09. The van der Waals surface area contributed by atoms with Gasteiger partial charge < -0.3 is 10.2 Å². The molecule has 3 fully saturated rings. The molecule has 3 aliphatic rings. The lowest BCUT2D eigenvalue weighted by atomic mass is 9.61. The van der Waals surface area contributed by atoms with Gasteiger partial charge in [-0.3, -0.25) is 0 Å². The fraction of sp³-hybridized carbons (Fsp3) is 0.704. The topological polar surface area (TPSA) is 40.5 Å². The van der Waals surface area contributed by atoms with E-state index in [4.69, 9.17) is 0 Å². The molecule has 0 aromatic carbocycles. The van der Waals surface area contributed by atoms with Gasteiger partial charge in [-0.05, 0) is 100 Å². The largest absolute Gasteiger partial charge is 0.393 e. The fourth-order valence-electron chi connectivity index (χ4n) is 6.34. The van der Waals surface area contributed by atoms with Crippen LogP contribution in [0.4, 0.5) is 0 Å². The Kier molecular flexibility index (Phi) is 6.95. The first-order chi connectivity index (χ1) is 13.6. The van der Waals surface area contributed by atoms with Gasteiger partial charge in [0.15, 0.2) is 0 Å². The van der Waals surface area contributed by atoms with E-state index in [0.717, 1.165) is 31.6 Å². The summed E-state index contributed by atoms with van der Waals surface area (Å²) in [4.78, 5) is 0. The molecule has 0 bridgehead atoms. The number of aliphatic hydroxyl groups is 2. The molecule has 0 unspecified atom stereocenters. The SMILES string of the molecule is C=C1CC[C@H](O)CC1=C/C=C1\CCC[C@]2(C)[C@@H]([C@H](C)C/C=C/C(C)(C)O)CC[C@@H]12. The minimum absolute atomic E-state index is 0.199. The van der Waals surface area contributed by atoms with E-state index in [1.54, 1.807) is 5.57 Å². The summed E-state index contributed by atoms with van der Waals surface area (Å²) in [5, 5.41) is 20.0. The third kappa shape index (κ3) is 5.33. The third-order valence-electron chi connectivity index (χ3n) is 7.95. The molecular weight excluding hydrogens is 356 g/mol. The van der Waals surface area contributed by atoms with E-state index in [-0.39, 0.29) is 6.10 Å². The van der Waals surface area contributed by atoms with Crippen LogP contribution in [0.25, 0.3) is 0 Å². The quantitative estimate of drug-likeness (QED) is 0.518. The number of allylic oxidation sites excluding steroid dienone is 5. The minimum Gasteiger partial charge on any atom is -0.393 e. The molecule has 0 aliphatic heterocycles. The second-order valence-corrected chi connectivity index (χ2v) is 10.8. The van der Waals surface area contributed by atoms with Crippen molar-refractivity contribution in [1.29, 1.82) is 0 Å². The van der Waals surface area contributed by atoms with Crippen LogP contribution in [-0.2, 0) is 0 Å². The van der Waals surface area contributed by atoms with E-state index >= 15 is 0 Å². The molecule has 3 saturated carbocycles. The first-order valence-electron chi connectivity index (χ1n) is 11.8. The number of hydrogen-bond donors (Lipinski definition) is 2. The van der Waals surface area contributed by atoms with Gasteiger partial charge in [0.05, 0.1) is 11.7 Å². The first kappa shape index (κ1) is 22.6. The molecule has 3 rings (SSSR count). The van der Waals surface area contributed by atoms with E-state index < -0.39 is 5.60 Å². The van der Waals surface area contributed by atoms with E-state index in [1.165, 1.54) is 43.3 Å². The second-order valence-electron chi connectivity index (χ2n) is 10.8. The molecule has 5 atom stereocenters. The van der Waals surface area contributed by atoms with Crippen molar-refractivity contribution in [2.24, 2.45) is 23.2 Å². The Morgan fingerprint density at radius 1 is 1.21 bits per heavy atom. The predicted octanol–water partition coefficient (Wildman–Crippen LogP) is 6.51. The maximum Gasteiger partial charge on any atom is 0.0771 e. The van der Waals surface area contributed by atoms with Crippen molar-refractivity contribution >= 4 is 0 Å². The van der Waals surface area contributed by atoms with Gasteiger partial charge >= 0.3 is 0 Å². The Bertz CT molecular complexity index is 690. The monoisotopic (exact) mass is 398 g/mol. The van der Waals surface area contributed by atoms with Crippen molar-refractivity contribution in [3.63, 3.8) is 0 Å². The third-order valence-corrected chi connectivity index (χ3v) is 7.95. The van der Waals surface area contributed by atoms with Crippen LogP contribution < -0.4 is 0 Å². The van der Waals surface area contributed by atoms with E-state index in [9.17, 15) is 10.2 Å². The van der Waals surface area contributed by atoms with Crippen molar-refractivity contribution in [1.82, 2.24) is 0 Å². The molecule has 0 aromatic heterocycles. The predicted molar refractivity (Wildman–Crippen MR) is 123 cm³/mol. The summed E-state index contributed by atoms with van der Waals surface area (Å²) >= 11 is 0. The van der Waals surface area contributed by atoms with Gasteiger partial charge in [0.1, 0.15) is 0 Å². The average Bonchev–Trinajstić information content (AvgIpc) is 2.99. The molecule has 3 aliphatic carbocycles. The summed E-state index contributed by atoms with van der Waals surface area (Å²) in [6.45, 7) is 12.8. The molecule has 0 saturated heterocycles. The molecule has 0 aromatic rings.